The van der Waals surface area contributed by atoms with Crippen molar-refractivity contribution in [3.05, 3.63) is 23.3 Å². The van der Waals surface area contributed by atoms with Gasteiger partial charge in [0.15, 0.2) is 0 Å². The Morgan fingerprint density at radius 1 is 1.29 bits per heavy atom. The maximum atomic E-state index is 12.2. The van der Waals surface area contributed by atoms with E-state index in [4.69, 9.17) is 10.5 Å². The number of likely N-dealkylation sites (N-methyl/N-ethyl adjacent to an activating group) is 1. The van der Waals surface area contributed by atoms with E-state index in [0.29, 0.717) is 6.54 Å². The molecule has 0 bridgehead atoms. The molecule has 0 aliphatic carbocycles. The minimum absolute atomic E-state index is 0.0525. The first-order chi connectivity index (χ1) is 9.92. The van der Waals surface area contributed by atoms with Crippen molar-refractivity contribution in [2.45, 2.75) is 53.5 Å². The van der Waals surface area contributed by atoms with E-state index in [0.717, 1.165) is 42.0 Å². The van der Waals surface area contributed by atoms with Crippen LogP contribution in [0.4, 0.5) is 5.69 Å². The maximum absolute atomic E-state index is 12.2. The Morgan fingerprint density at radius 3 is 2.29 bits per heavy atom. The Bertz CT molecular complexity index is 461. The van der Waals surface area contributed by atoms with Crippen LogP contribution in [0, 0.1) is 13.8 Å². The molecule has 21 heavy (non-hydrogen) atoms. The van der Waals surface area contributed by atoms with Crippen LogP contribution in [-0.4, -0.2) is 25.1 Å². The Kier molecular flexibility index (Phi) is 6.69. The summed E-state index contributed by atoms with van der Waals surface area (Å²) in [5.74, 6) is 0.815. The van der Waals surface area contributed by atoms with Crippen molar-refractivity contribution >= 4 is 11.6 Å². The Balaban J connectivity index is 3.05. The summed E-state index contributed by atoms with van der Waals surface area (Å²) >= 11 is 0. The third kappa shape index (κ3) is 4.46. The number of amides is 1. The molecule has 1 unspecified atom stereocenters. The second-order valence-corrected chi connectivity index (χ2v) is 5.48. The van der Waals surface area contributed by atoms with E-state index in [1.54, 1.807) is 11.8 Å². The standard InChI is InChI=1S/C17H28N2O2/c1-6-8-9-21-15-10-12(3)16(13(4)11-15)19(7-2)17(20)14(5)18/h10-11,14H,6-9,18H2,1-5H3. The number of carbonyl (C=O) groups excluding carboxylic acids is 1. The molecule has 118 valence electrons. The first kappa shape index (κ1) is 17.5. The molecule has 1 aromatic carbocycles. The molecule has 0 spiro atoms. The van der Waals surface area contributed by atoms with E-state index in [-0.39, 0.29) is 5.91 Å². The molecule has 2 N–H and O–H groups in total. The zero-order valence-corrected chi connectivity index (χ0v) is 13.9. The summed E-state index contributed by atoms with van der Waals surface area (Å²) < 4.78 is 5.76. The number of nitrogens with zero attached hydrogens (tertiary/aromatic N) is 1. The second kappa shape index (κ2) is 8.03. The van der Waals surface area contributed by atoms with E-state index < -0.39 is 6.04 Å². The average molecular weight is 292 g/mol. The van der Waals surface area contributed by atoms with Gasteiger partial charge in [-0.25, -0.2) is 0 Å². The summed E-state index contributed by atoms with van der Waals surface area (Å²) in [7, 11) is 0. The van der Waals surface area contributed by atoms with Crippen molar-refractivity contribution in [2.24, 2.45) is 5.73 Å². The molecule has 1 amide bonds. The van der Waals surface area contributed by atoms with E-state index in [1.807, 2.05) is 32.9 Å². The fourth-order valence-corrected chi connectivity index (χ4v) is 2.43. The molecule has 4 nitrogen and oxygen atoms in total. The molecule has 1 aromatic rings. The van der Waals surface area contributed by atoms with Gasteiger partial charge in [0.05, 0.1) is 12.6 Å². The lowest BCUT2D eigenvalue weighted by Crippen LogP contribution is -2.42. The smallest absolute Gasteiger partial charge is 0.243 e. The first-order valence-electron chi connectivity index (χ1n) is 7.73. The van der Waals surface area contributed by atoms with E-state index in [2.05, 4.69) is 6.92 Å². The number of hydrogen-bond acceptors (Lipinski definition) is 3. The Hall–Kier alpha value is -1.55. The van der Waals surface area contributed by atoms with Crippen molar-refractivity contribution < 1.29 is 9.53 Å². The largest absolute Gasteiger partial charge is 0.494 e. The number of benzene rings is 1. The van der Waals surface area contributed by atoms with Crippen LogP contribution in [0.1, 0.15) is 44.7 Å². The van der Waals surface area contributed by atoms with Gasteiger partial charge >= 0.3 is 0 Å². The number of aryl methyl sites for hydroxylation is 2. The predicted octanol–water partition coefficient (Wildman–Crippen LogP) is 3.18. The van der Waals surface area contributed by atoms with Gasteiger partial charge in [0, 0.05) is 12.2 Å². The summed E-state index contributed by atoms with van der Waals surface area (Å²) in [4.78, 5) is 14.0. The van der Waals surface area contributed by atoms with Gasteiger partial charge in [-0.2, -0.15) is 0 Å². The number of nitrogens with two attached hydrogens (primary N) is 1. The summed E-state index contributed by atoms with van der Waals surface area (Å²) in [5, 5.41) is 0. The molecule has 0 aliphatic heterocycles. The number of unbranched alkanes of at least 4 members (excludes halogenated alkanes) is 1. The molecule has 1 rings (SSSR count). The highest BCUT2D eigenvalue weighted by atomic mass is 16.5. The molecule has 0 heterocycles. The van der Waals surface area contributed by atoms with Gasteiger partial charge in [-0.1, -0.05) is 13.3 Å². The van der Waals surface area contributed by atoms with Gasteiger partial charge in [0.25, 0.3) is 0 Å². The van der Waals surface area contributed by atoms with Crippen LogP contribution in [-0.2, 0) is 4.79 Å². The average Bonchev–Trinajstić information content (AvgIpc) is 2.42. The molecule has 0 aliphatic rings. The quantitative estimate of drug-likeness (QED) is 0.785. The van der Waals surface area contributed by atoms with Gasteiger partial charge in [-0.05, 0) is 57.4 Å². The zero-order chi connectivity index (χ0) is 16.0. The summed E-state index contributed by atoms with van der Waals surface area (Å²) in [6.07, 6.45) is 2.16. The van der Waals surface area contributed by atoms with Crippen LogP contribution >= 0.6 is 0 Å². The third-order valence-corrected chi connectivity index (χ3v) is 3.47. The van der Waals surface area contributed by atoms with Gasteiger partial charge in [0.1, 0.15) is 5.75 Å². The summed E-state index contributed by atoms with van der Waals surface area (Å²) in [6, 6.07) is 3.49. The first-order valence-corrected chi connectivity index (χ1v) is 7.73. The van der Waals surface area contributed by atoms with Crippen molar-refractivity contribution in [3.8, 4) is 5.75 Å². The normalized spacial score (nSPS) is 12.1. The number of anilines is 1. The van der Waals surface area contributed by atoms with E-state index in [9.17, 15) is 4.79 Å². The lowest BCUT2D eigenvalue weighted by Gasteiger charge is -2.27. The lowest BCUT2D eigenvalue weighted by atomic mass is 10.1. The molecular weight excluding hydrogens is 264 g/mol. The van der Waals surface area contributed by atoms with Crippen molar-refractivity contribution in [1.82, 2.24) is 0 Å². The van der Waals surface area contributed by atoms with Gasteiger partial charge < -0.3 is 15.4 Å². The van der Waals surface area contributed by atoms with Crippen molar-refractivity contribution in [1.29, 1.82) is 0 Å². The number of rotatable bonds is 7. The predicted molar refractivity (Wildman–Crippen MR) is 88.0 cm³/mol. The van der Waals surface area contributed by atoms with Crippen LogP contribution in [0.2, 0.25) is 0 Å². The third-order valence-electron chi connectivity index (χ3n) is 3.47. The van der Waals surface area contributed by atoms with Crippen LogP contribution in [0.25, 0.3) is 0 Å². The zero-order valence-electron chi connectivity index (χ0n) is 13.9. The summed E-state index contributed by atoms with van der Waals surface area (Å²) in [5.41, 5.74) is 8.77. The Labute approximate surface area is 128 Å². The molecule has 1 atom stereocenters. The lowest BCUT2D eigenvalue weighted by molar-refractivity contribution is -0.119. The molecular formula is C17H28N2O2. The molecule has 0 saturated carbocycles. The van der Waals surface area contributed by atoms with Crippen LogP contribution in [0.15, 0.2) is 12.1 Å². The molecule has 0 aromatic heterocycles. The van der Waals surface area contributed by atoms with Crippen molar-refractivity contribution in [2.75, 3.05) is 18.1 Å². The van der Waals surface area contributed by atoms with Gasteiger partial charge in [0.2, 0.25) is 5.91 Å². The van der Waals surface area contributed by atoms with Crippen molar-refractivity contribution in [3.63, 3.8) is 0 Å². The minimum Gasteiger partial charge on any atom is -0.494 e. The minimum atomic E-state index is -0.496. The SMILES string of the molecule is CCCCOc1cc(C)c(N(CC)C(=O)C(C)N)c(C)c1. The fraction of sp³-hybridized carbons (Fsp3) is 0.588. The van der Waals surface area contributed by atoms with Gasteiger partial charge in [-0.3, -0.25) is 4.79 Å². The number of hydrogen-bond donors (Lipinski definition) is 1. The second-order valence-electron chi connectivity index (χ2n) is 5.48. The van der Waals surface area contributed by atoms with E-state index >= 15 is 0 Å². The molecule has 0 saturated heterocycles. The molecule has 0 fully saturated rings. The number of carbonyl (C=O) groups is 1. The van der Waals surface area contributed by atoms with Gasteiger partial charge in [-0.15, -0.1) is 0 Å². The summed E-state index contributed by atoms with van der Waals surface area (Å²) in [6.45, 7) is 11.2. The van der Waals surface area contributed by atoms with Crippen LogP contribution in [0.5, 0.6) is 5.75 Å². The van der Waals surface area contributed by atoms with Crippen LogP contribution in [0.3, 0.4) is 0 Å². The number of ether oxygens (including phenoxy) is 1. The van der Waals surface area contributed by atoms with Crippen LogP contribution < -0.4 is 15.4 Å². The van der Waals surface area contributed by atoms with E-state index in [1.165, 1.54) is 0 Å². The topological polar surface area (TPSA) is 55.6 Å². The molecule has 0 radical (unpaired) electrons. The maximum Gasteiger partial charge on any atom is 0.243 e. The molecule has 4 heteroatoms. The highest BCUT2D eigenvalue weighted by molar-refractivity contribution is 5.98. The Morgan fingerprint density at radius 2 is 1.86 bits per heavy atom. The highest BCUT2D eigenvalue weighted by Crippen LogP contribution is 2.30. The highest BCUT2D eigenvalue weighted by Gasteiger charge is 2.21. The monoisotopic (exact) mass is 292 g/mol. The fourth-order valence-electron chi connectivity index (χ4n) is 2.43.